The van der Waals surface area contributed by atoms with Gasteiger partial charge in [-0.15, -0.1) is 0 Å². The minimum absolute atomic E-state index is 0.0379. The van der Waals surface area contributed by atoms with Crippen molar-refractivity contribution in [3.05, 3.63) is 23.8 Å². The fourth-order valence-corrected chi connectivity index (χ4v) is 2.31. The molecule has 5 heteroatoms. The highest BCUT2D eigenvalue weighted by molar-refractivity contribution is 5.83. The standard InChI is InChI=1S/C15H22N2O3/c1-10(16-2)12-6-5-11(19-4)9-14(12)20-13-7-8-17(3)15(13)18/h5-6,9-10,13,16H,7-8H2,1-4H3. The quantitative estimate of drug-likeness (QED) is 0.888. The van der Waals surface area contributed by atoms with E-state index in [0.717, 1.165) is 24.3 Å². The van der Waals surface area contributed by atoms with E-state index in [0.29, 0.717) is 5.75 Å². The first-order valence-corrected chi connectivity index (χ1v) is 6.83. The number of likely N-dealkylation sites (N-methyl/N-ethyl adjacent to an activating group) is 1. The van der Waals surface area contributed by atoms with Gasteiger partial charge in [0.2, 0.25) is 0 Å². The van der Waals surface area contributed by atoms with E-state index in [1.807, 2.05) is 25.2 Å². The zero-order valence-electron chi connectivity index (χ0n) is 12.5. The van der Waals surface area contributed by atoms with Gasteiger partial charge in [0, 0.05) is 37.7 Å². The Kier molecular flexibility index (Phi) is 4.49. The molecule has 1 aliphatic rings. The monoisotopic (exact) mass is 278 g/mol. The van der Waals surface area contributed by atoms with Crippen molar-refractivity contribution >= 4 is 5.91 Å². The molecule has 1 aromatic rings. The fourth-order valence-electron chi connectivity index (χ4n) is 2.31. The molecule has 1 heterocycles. The lowest BCUT2D eigenvalue weighted by atomic mass is 10.1. The Balaban J connectivity index is 2.26. The smallest absolute Gasteiger partial charge is 0.263 e. The predicted molar refractivity (Wildman–Crippen MR) is 77.1 cm³/mol. The lowest BCUT2D eigenvalue weighted by Crippen LogP contribution is -2.30. The van der Waals surface area contributed by atoms with Crippen molar-refractivity contribution in [2.75, 3.05) is 27.7 Å². The molecule has 0 spiro atoms. The molecule has 1 aliphatic heterocycles. The molecule has 1 amide bonds. The van der Waals surface area contributed by atoms with Crippen molar-refractivity contribution < 1.29 is 14.3 Å². The lowest BCUT2D eigenvalue weighted by Gasteiger charge is -2.20. The molecule has 1 saturated heterocycles. The zero-order chi connectivity index (χ0) is 14.7. The van der Waals surface area contributed by atoms with Gasteiger partial charge >= 0.3 is 0 Å². The van der Waals surface area contributed by atoms with Gasteiger partial charge < -0.3 is 19.7 Å². The van der Waals surface area contributed by atoms with Gasteiger partial charge in [0.05, 0.1) is 7.11 Å². The molecule has 20 heavy (non-hydrogen) atoms. The minimum Gasteiger partial charge on any atom is -0.497 e. The molecule has 0 aromatic heterocycles. The van der Waals surface area contributed by atoms with Crippen molar-refractivity contribution in [2.45, 2.75) is 25.5 Å². The molecule has 110 valence electrons. The van der Waals surface area contributed by atoms with E-state index in [-0.39, 0.29) is 11.9 Å². The Hall–Kier alpha value is -1.75. The number of ether oxygens (including phenoxy) is 2. The highest BCUT2D eigenvalue weighted by Crippen LogP contribution is 2.31. The first kappa shape index (κ1) is 14.7. The molecule has 0 saturated carbocycles. The predicted octanol–water partition coefficient (Wildman–Crippen LogP) is 1.59. The number of rotatable bonds is 5. The fraction of sp³-hybridized carbons (Fsp3) is 0.533. The third-order valence-corrected chi connectivity index (χ3v) is 3.77. The third-order valence-electron chi connectivity index (χ3n) is 3.77. The zero-order valence-corrected chi connectivity index (χ0v) is 12.5. The number of carbonyl (C=O) groups is 1. The van der Waals surface area contributed by atoms with Gasteiger partial charge in [0.25, 0.3) is 5.91 Å². The number of amides is 1. The maximum atomic E-state index is 12.0. The van der Waals surface area contributed by atoms with E-state index >= 15 is 0 Å². The Bertz CT molecular complexity index is 490. The molecule has 0 aliphatic carbocycles. The summed E-state index contributed by atoms with van der Waals surface area (Å²) in [6, 6.07) is 5.86. The molecule has 1 N–H and O–H groups in total. The maximum Gasteiger partial charge on any atom is 0.263 e. The first-order valence-electron chi connectivity index (χ1n) is 6.83. The highest BCUT2D eigenvalue weighted by atomic mass is 16.5. The number of hydrogen-bond acceptors (Lipinski definition) is 4. The number of nitrogens with one attached hydrogen (secondary N) is 1. The Labute approximate surface area is 119 Å². The molecule has 5 nitrogen and oxygen atoms in total. The van der Waals surface area contributed by atoms with Crippen molar-refractivity contribution in [1.29, 1.82) is 0 Å². The summed E-state index contributed by atoms with van der Waals surface area (Å²) in [6.45, 7) is 2.79. The molecule has 0 bridgehead atoms. The van der Waals surface area contributed by atoms with Crippen molar-refractivity contribution in [3.8, 4) is 11.5 Å². The van der Waals surface area contributed by atoms with Gasteiger partial charge in [0.15, 0.2) is 6.10 Å². The minimum atomic E-state index is -0.394. The van der Waals surface area contributed by atoms with Crippen LogP contribution in [0.15, 0.2) is 18.2 Å². The van der Waals surface area contributed by atoms with E-state index in [2.05, 4.69) is 12.2 Å². The summed E-state index contributed by atoms with van der Waals surface area (Å²) in [4.78, 5) is 13.7. The van der Waals surface area contributed by atoms with E-state index in [1.165, 1.54) is 0 Å². The van der Waals surface area contributed by atoms with E-state index in [1.54, 1.807) is 19.1 Å². The summed E-state index contributed by atoms with van der Waals surface area (Å²) in [5.41, 5.74) is 1.02. The van der Waals surface area contributed by atoms with Crippen LogP contribution >= 0.6 is 0 Å². The maximum absolute atomic E-state index is 12.0. The molecule has 0 radical (unpaired) electrons. The van der Waals surface area contributed by atoms with Crippen LogP contribution in [0.25, 0.3) is 0 Å². The van der Waals surface area contributed by atoms with Gasteiger partial charge in [-0.3, -0.25) is 4.79 Å². The van der Waals surface area contributed by atoms with Crippen LogP contribution in [0.5, 0.6) is 11.5 Å². The number of nitrogens with zero attached hydrogens (tertiary/aromatic N) is 1. The van der Waals surface area contributed by atoms with E-state index in [9.17, 15) is 4.79 Å². The number of hydrogen-bond donors (Lipinski definition) is 1. The molecular formula is C15H22N2O3. The number of carbonyl (C=O) groups excluding carboxylic acids is 1. The normalized spacial score (nSPS) is 20.1. The summed E-state index contributed by atoms with van der Waals surface area (Å²) >= 11 is 0. The van der Waals surface area contributed by atoms with Crippen LogP contribution in [-0.4, -0.2) is 44.7 Å². The molecule has 1 aromatic carbocycles. The van der Waals surface area contributed by atoms with Crippen LogP contribution in [0, 0.1) is 0 Å². The largest absolute Gasteiger partial charge is 0.497 e. The summed E-state index contributed by atoms with van der Waals surface area (Å²) in [5, 5.41) is 3.19. The van der Waals surface area contributed by atoms with Crippen molar-refractivity contribution in [3.63, 3.8) is 0 Å². The summed E-state index contributed by atoms with van der Waals surface area (Å²) in [6.07, 6.45) is 0.329. The van der Waals surface area contributed by atoms with E-state index < -0.39 is 6.10 Å². The summed E-state index contributed by atoms with van der Waals surface area (Å²) in [5.74, 6) is 1.47. The highest BCUT2D eigenvalue weighted by Gasteiger charge is 2.31. The summed E-state index contributed by atoms with van der Waals surface area (Å²) in [7, 11) is 5.32. The molecule has 2 atom stereocenters. The second-order valence-corrected chi connectivity index (χ2v) is 5.07. The lowest BCUT2D eigenvalue weighted by molar-refractivity contribution is -0.132. The number of likely N-dealkylation sites (tertiary alicyclic amines) is 1. The first-order chi connectivity index (χ1) is 9.56. The van der Waals surface area contributed by atoms with Crippen molar-refractivity contribution in [2.24, 2.45) is 0 Å². The second-order valence-electron chi connectivity index (χ2n) is 5.07. The Morgan fingerprint density at radius 1 is 1.45 bits per heavy atom. The molecular weight excluding hydrogens is 256 g/mol. The van der Waals surface area contributed by atoms with Crippen molar-refractivity contribution in [1.82, 2.24) is 10.2 Å². The SMILES string of the molecule is CNC(C)c1ccc(OC)cc1OC1CCN(C)C1=O. The van der Waals surface area contributed by atoms with Gasteiger partial charge in [-0.05, 0) is 20.0 Å². The average molecular weight is 278 g/mol. The Morgan fingerprint density at radius 3 is 2.75 bits per heavy atom. The third kappa shape index (κ3) is 2.88. The van der Waals surface area contributed by atoms with Gasteiger partial charge in [-0.25, -0.2) is 0 Å². The summed E-state index contributed by atoms with van der Waals surface area (Å²) < 4.78 is 11.2. The van der Waals surface area contributed by atoms with Crippen LogP contribution in [0.2, 0.25) is 0 Å². The van der Waals surface area contributed by atoms with Gasteiger partial charge in [-0.2, -0.15) is 0 Å². The van der Waals surface area contributed by atoms with Gasteiger partial charge in [0.1, 0.15) is 11.5 Å². The second kappa shape index (κ2) is 6.13. The molecule has 1 fully saturated rings. The number of benzene rings is 1. The van der Waals surface area contributed by atoms with Gasteiger partial charge in [-0.1, -0.05) is 6.07 Å². The van der Waals surface area contributed by atoms with Crippen LogP contribution in [0.3, 0.4) is 0 Å². The number of methoxy groups -OCH3 is 1. The van der Waals surface area contributed by atoms with Crippen LogP contribution in [0.4, 0.5) is 0 Å². The molecule has 2 rings (SSSR count). The van der Waals surface area contributed by atoms with E-state index in [4.69, 9.17) is 9.47 Å². The topological polar surface area (TPSA) is 50.8 Å². The van der Waals surface area contributed by atoms with Crippen LogP contribution in [0.1, 0.15) is 24.9 Å². The van der Waals surface area contributed by atoms with Crippen LogP contribution < -0.4 is 14.8 Å². The Morgan fingerprint density at radius 2 is 2.20 bits per heavy atom. The van der Waals surface area contributed by atoms with Crippen LogP contribution in [-0.2, 0) is 4.79 Å². The molecule has 2 unspecified atom stereocenters. The average Bonchev–Trinajstić information content (AvgIpc) is 2.78.